The number of amides is 2. The molecule has 0 aliphatic carbocycles. The van der Waals surface area contributed by atoms with Crippen LogP contribution in [0.25, 0.3) is 5.65 Å². The Balaban J connectivity index is 1.58. The summed E-state index contributed by atoms with van der Waals surface area (Å²) >= 11 is 0. The van der Waals surface area contributed by atoms with Gasteiger partial charge in [0.1, 0.15) is 17.3 Å². The van der Waals surface area contributed by atoms with Crippen LogP contribution in [0.5, 0.6) is 0 Å². The van der Waals surface area contributed by atoms with Crippen LogP contribution in [-0.4, -0.2) is 32.1 Å². The van der Waals surface area contributed by atoms with Crippen molar-refractivity contribution in [3.63, 3.8) is 0 Å². The summed E-state index contributed by atoms with van der Waals surface area (Å²) in [5.41, 5.74) is 1.57. The third-order valence-corrected chi connectivity index (χ3v) is 4.32. The van der Waals surface area contributed by atoms with Gasteiger partial charge in [-0.1, -0.05) is 0 Å². The first-order chi connectivity index (χ1) is 11.6. The minimum atomic E-state index is -0.146. The summed E-state index contributed by atoms with van der Waals surface area (Å²) < 4.78 is 7.37. The second-order valence-corrected chi connectivity index (χ2v) is 6.12. The number of nitrogens with zero attached hydrogens (tertiary/aromatic N) is 4. The van der Waals surface area contributed by atoms with Crippen molar-refractivity contribution in [2.24, 2.45) is 0 Å². The predicted octanol–water partition coefficient (Wildman–Crippen LogP) is 3.31. The topological polar surface area (TPSA) is 75.7 Å². The maximum Gasteiger partial charge on any atom is 0.323 e. The molecule has 24 heavy (non-hydrogen) atoms. The number of likely N-dealkylation sites (tertiary alicyclic amines) is 1. The van der Waals surface area contributed by atoms with Crippen LogP contribution >= 0.6 is 0 Å². The van der Waals surface area contributed by atoms with E-state index >= 15 is 0 Å². The molecule has 3 aromatic heterocycles. The van der Waals surface area contributed by atoms with Crippen LogP contribution < -0.4 is 5.32 Å². The average Bonchev–Trinajstić information content (AvgIpc) is 3.25. The third kappa shape index (κ3) is 2.51. The molecule has 0 radical (unpaired) electrons. The summed E-state index contributed by atoms with van der Waals surface area (Å²) in [6.45, 7) is 4.52. The molecule has 4 rings (SSSR count). The van der Waals surface area contributed by atoms with Gasteiger partial charge in [0.2, 0.25) is 0 Å². The molecule has 4 heterocycles. The van der Waals surface area contributed by atoms with Gasteiger partial charge in [0.05, 0.1) is 11.7 Å². The monoisotopic (exact) mass is 325 g/mol. The predicted molar refractivity (Wildman–Crippen MR) is 88.9 cm³/mol. The normalized spacial score (nSPS) is 17.6. The first kappa shape index (κ1) is 14.7. The summed E-state index contributed by atoms with van der Waals surface area (Å²) in [4.78, 5) is 18.8. The number of urea groups is 1. The molecular weight excluding hydrogens is 306 g/mol. The van der Waals surface area contributed by atoms with E-state index in [1.165, 1.54) is 0 Å². The Morgan fingerprint density at radius 1 is 1.33 bits per heavy atom. The largest absolute Gasteiger partial charge is 0.464 e. The van der Waals surface area contributed by atoms with Crippen LogP contribution in [0.15, 0.2) is 34.9 Å². The molecule has 0 spiro atoms. The van der Waals surface area contributed by atoms with Gasteiger partial charge in [0.25, 0.3) is 0 Å². The zero-order valence-electron chi connectivity index (χ0n) is 13.7. The summed E-state index contributed by atoms with van der Waals surface area (Å²) in [6.07, 6.45) is 3.54. The van der Waals surface area contributed by atoms with Gasteiger partial charge in [-0.2, -0.15) is 9.61 Å². The number of carbonyl (C=O) groups is 1. The highest BCUT2D eigenvalue weighted by molar-refractivity contribution is 5.89. The second-order valence-electron chi connectivity index (χ2n) is 6.12. The molecule has 1 aliphatic heterocycles. The van der Waals surface area contributed by atoms with E-state index in [-0.39, 0.29) is 12.1 Å². The van der Waals surface area contributed by atoms with Crippen molar-refractivity contribution in [3.8, 4) is 0 Å². The standard InChI is InChI=1S/C17H19N5O2/c1-11-10-16-18-8-7-15(22(16)20-11)19-17(23)21-9-3-4-13(21)14-6-5-12(2)24-14/h5-8,10,13H,3-4,9H2,1-2H3,(H,19,23). The number of carbonyl (C=O) groups excluding carboxylic acids is 1. The lowest BCUT2D eigenvalue weighted by Gasteiger charge is -2.23. The van der Waals surface area contributed by atoms with E-state index in [0.717, 1.165) is 30.1 Å². The molecule has 3 aromatic rings. The van der Waals surface area contributed by atoms with Gasteiger partial charge < -0.3 is 9.32 Å². The molecule has 0 aromatic carbocycles. The minimum Gasteiger partial charge on any atom is -0.464 e. The molecule has 0 bridgehead atoms. The summed E-state index contributed by atoms with van der Waals surface area (Å²) in [6, 6.07) is 7.34. The van der Waals surface area contributed by atoms with Crippen LogP contribution in [0.3, 0.4) is 0 Å². The maximum absolute atomic E-state index is 12.8. The number of aromatic nitrogens is 3. The number of furan rings is 1. The van der Waals surface area contributed by atoms with Gasteiger partial charge in [-0.15, -0.1) is 0 Å². The molecule has 2 amide bonds. The van der Waals surface area contributed by atoms with Crippen molar-refractivity contribution in [1.29, 1.82) is 0 Å². The van der Waals surface area contributed by atoms with Gasteiger partial charge in [-0.05, 0) is 44.9 Å². The Morgan fingerprint density at radius 2 is 2.21 bits per heavy atom. The van der Waals surface area contributed by atoms with Gasteiger partial charge in [0, 0.05) is 18.8 Å². The van der Waals surface area contributed by atoms with Gasteiger partial charge in [-0.25, -0.2) is 9.78 Å². The van der Waals surface area contributed by atoms with Crippen molar-refractivity contribution in [2.75, 3.05) is 11.9 Å². The van der Waals surface area contributed by atoms with Gasteiger partial charge in [-0.3, -0.25) is 5.32 Å². The fourth-order valence-corrected chi connectivity index (χ4v) is 3.22. The van der Waals surface area contributed by atoms with Crippen LogP contribution in [0, 0.1) is 13.8 Å². The van der Waals surface area contributed by atoms with E-state index in [1.54, 1.807) is 16.8 Å². The van der Waals surface area contributed by atoms with Gasteiger partial charge >= 0.3 is 6.03 Å². The molecule has 1 aliphatic rings. The lowest BCUT2D eigenvalue weighted by Crippen LogP contribution is -2.34. The fraction of sp³-hybridized carbons (Fsp3) is 0.353. The number of aryl methyl sites for hydroxylation is 2. The molecule has 1 saturated heterocycles. The SMILES string of the molecule is Cc1cc2nccc(NC(=O)N3CCCC3c3ccc(C)o3)n2n1. The molecule has 0 saturated carbocycles. The first-order valence-electron chi connectivity index (χ1n) is 8.07. The Bertz CT molecular complexity index is 897. The number of hydrogen-bond donors (Lipinski definition) is 1. The smallest absolute Gasteiger partial charge is 0.323 e. The number of anilines is 1. The molecule has 1 unspecified atom stereocenters. The second kappa shape index (κ2) is 5.67. The highest BCUT2D eigenvalue weighted by Gasteiger charge is 2.32. The number of fused-ring (bicyclic) bond motifs is 1. The molecule has 7 nitrogen and oxygen atoms in total. The van der Waals surface area contributed by atoms with E-state index in [0.29, 0.717) is 18.0 Å². The van der Waals surface area contributed by atoms with Crippen molar-refractivity contribution in [2.45, 2.75) is 32.7 Å². The summed E-state index contributed by atoms with van der Waals surface area (Å²) in [5.74, 6) is 2.31. The molecule has 7 heteroatoms. The van der Waals surface area contributed by atoms with Crippen molar-refractivity contribution >= 4 is 17.5 Å². The van der Waals surface area contributed by atoms with E-state index in [2.05, 4.69) is 15.4 Å². The average molecular weight is 325 g/mol. The fourth-order valence-electron chi connectivity index (χ4n) is 3.22. The van der Waals surface area contributed by atoms with Crippen LogP contribution in [0.4, 0.5) is 10.6 Å². The number of hydrogen-bond acceptors (Lipinski definition) is 4. The van der Waals surface area contributed by atoms with Crippen molar-refractivity contribution in [3.05, 3.63) is 47.7 Å². The van der Waals surface area contributed by atoms with Crippen LogP contribution in [0.1, 0.15) is 36.1 Å². The first-order valence-corrected chi connectivity index (χ1v) is 8.07. The quantitative estimate of drug-likeness (QED) is 0.784. The zero-order chi connectivity index (χ0) is 16.7. The van der Waals surface area contributed by atoms with E-state index in [1.807, 2.05) is 36.9 Å². The highest BCUT2D eigenvalue weighted by atomic mass is 16.3. The van der Waals surface area contributed by atoms with Crippen molar-refractivity contribution in [1.82, 2.24) is 19.5 Å². The van der Waals surface area contributed by atoms with E-state index < -0.39 is 0 Å². The van der Waals surface area contributed by atoms with Gasteiger partial charge in [0.15, 0.2) is 5.65 Å². The lowest BCUT2D eigenvalue weighted by molar-refractivity contribution is 0.199. The zero-order valence-corrected chi connectivity index (χ0v) is 13.7. The maximum atomic E-state index is 12.8. The Kier molecular flexibility index (Phi) is 3.48. The van der Waals surface area contributed by atoms with Crippen LogP contribution in [0.2, 0.25) is 0 Å². The molecule has 1 N–H and O–H groups in total. The Labute approximate surface area is 139 Å². The molecule has 124 valence electrons. The number of nitrogens with one attached hydrogen (secondary N) is 1. The Morgan fingerprint density at radius 3 is 3.00 bits per heavy atom. The highest BCUT2D eigenvalue weighted by Crippen LogP contribution is 2.33. The van der Waals surface area contributed by atoms with E-state index in [4.69, 9.17) is 4.42 Å². The van der Waals surface area contributed by atoms with E-state index in [9.17, 15) is 4.79 Å². The molecule has 1 fully saturated rings. The van der Waals surface area contributed by atoms with Crippen molar-refractivity contribution < 1.29 is 9.21 Å². The van der Waals surface area contributed by atoms with Crippen LogP contribution in [-0.2, 0) is 0 Å². The summed E-state index contributed by atoms with van der Waals surface area (Å²) in [5, 5.41) is 7.33. The lowest BCUT2D eigenvalue weighted by atomic mass is 10.2. The molecular formula is C17H19N5O2. The Hall–Kier alpha value is -2.83. The molecule has 1 atom stereocenters. The third-order valence-electron chi connectivity index (χ3n) is 4.32. The summed E-state index contributed by atoms with van der Waals surface area (Å²) in [7, 11) is 0. The minimum absolute atomic E-state index is 0.0182. The number of rotatable bonds is 2.